The topological polar surface area (TPSA) is 41.3 Å². The summed E-state index contributed by atoms with van der Waals surface area (Å²) in [4.78, 5) is -0.209. The highest BCUT2D eigenvalue weighted by Crippen LogP contribution is 2.29. The quantitative estimate of drug-likeness (QED) is 0.435. The Bertz CT molecular complexity index is 862. The first-order valence-corrected chi connectivity index (χ1v) is 8.59. The molecule has 0 aliphatic rings. The van der Waals surface area contributed by atoms with E-state index in [9.17, 15) is 38.9 Å². The maximum absolute atomic E-state index is 12.5. The minimum atomic E-state index is -6.00. The fourth-order valence-electron chi connectivity index (χ4n) is 1.92. The highest BCUT2D eigenvalue weighted by molar-refractivity contribution is 7.92. The van der Waals surface area contributed by atoms with Gasteiger partial charge in [-0.25, -0.2) is 0 Å². The van der Waals surface area contributed by atoms with E-state index >= 15 is 0 Å². The minimum Gasteiger partial charge on any atom is -0.418 e. The van der Waals surface area contributed by atoms with Crippen LogP contribution in [0.25, 0.3) is 0 Å². The first-order valence-electron chi connectivity index (χ1n) is 7.15. The number of aryl methyl sites for hydroxylation is 1. The molecular formula is C14H14BF7N2O2S. The van der Waals surface area contributed by atoms with Gasteiger partial charge >= 0.3 is 23.5 Å². The molecule has 0 spiro atoms. The third kappa shape index (κ3) is 6.73. The molecule has 0 aliphatic carbocycles. The highest BCUT2D eigenvalue weighted by atomic mass is 32.2. The van der Waals surface area contributed by atoms with E-state index in [0.717, 1.165) is 28.7 Å². The van der Waals surface area contributed by atoms with Crippen molar-refractivity contribution in [2.24, 2.45) is 0 Å². The Morgan fingerprint density at radius 3 is 1.85 bits per heavy atom. The minimum absolute atomic E-state index is 0.209. The molecule has 0 atom stereocenters. The molecule has 0 saturated carbocycles. The van der Waals surface area contributed by atoms with Crippen molar-refractivity contribution in [1.29, 1.82) is 0 Å². The largest absolute Gasteiger partial charge is 0.673 e. The van der Waals surface area contributed by atoms with E-state index in [1.165, 1.54) is 11.7 Å². The molecular weight excluding hydrogens is 404 g/mol. The Morgan fingerprint density at radius 2 is 1.44 bits per heavy atom. The number of rotatable bonds is 3. The van der Waals surface area contributed by atoms with Gasteiger partial charge in [0, 0.05) is 19.1 Å². The van der Waals surface area contributed by atoms with E-state index in [0.29, 0.717) is 5.69 Å². The van der Waals surface area contributed by atoms with Crippen molar-refractivity contribution in [3.8, 4) is 0 Å². The van der Waals surface area contributed by atoms with Crippen LogP contribution < -0.4 is 9.09 Å². The molecule has 1 aromatic heterocycles. The van der Waals surface area contributed by atoms with E-state index in [1.54, 1.807) is 31.3 Å². The predicted octanol–water partition coefficient (Wildman–Crippen LogP) is 3.56. The molecule has 0 saturated heterocycles. The van der Waals surface area contributed by atoms with Crippen LogP contribution in [-0.4, -0.2) is 22.7 Å². The van der Waals surface area contributed by atoms with Crippen LogP contribution in [0.3, 0.4) is 0 Å². The van der Waals surface area contributed by atoms with Crippen molar-refractivity contribution in [1.82, 2.24) is 0 Å². The molecule has 0 aliphatic heterocycles. The average molecular weight is 418 g/mol. The smallest absolute Gasteiger partial charge is 0.418 e. The summed E-state index contributed by atoms with van der Waals surface area (Å²) in [6.45, 7) is 1.72. The number of aromatic nitrogens is 1. The van der Waals surface area contributed by atoms with E-state index in [1.807, 2.05) is 0 Å². The number of sulfonamides is 1. The Morgan fingerprint density at radius 1 is 0.963 bits per heavy atom. The predicted molar refractivity (Wildman–Crippen MR) is 84.3 cm³/mol. The number of pyridine rings is 1. The van der Waals surface area contributed by atoms with Gasteiger partial charge in [-0.3, -0.25) is 0 Å². The zero-order valence-corrected chi connectivity index (χ0v) is 14.8. The summed E-state index contributed by atoms with van der Waals surface area (Å²) in [5.74, 6) is 0. The van der Waals surface area contributed by atoms with Crippen LogP contribution in [0.4, 0.5) is 30.4 Å². The summed E-state index contributed by atoms with van der Waals surface area (Å²) < 4.78 is 104. The van der Waals surface area contributed by atoms with Crippen LogP contribution in [0.15, 0.2) is 53.6 Å². The van der Waals surface area contributed by atoms with Crippen LogP contribution in [0, 0.1) is 6.92 Å². The van der Waals surface area contributed by atoms with Gasteiger partial charge in [0.05, 0.1) is 17.5 Å². The molecule has 4 nitrogen and oxygen atoms in total. The Hall–Kier alpha value is -2.31. The van der Waals surface area contributed by atoms with Crippen molar-refractivity contribution >= 4 is 17.3 Å². The highest BCUT2D eigenvalue weighted by Gasteiger charge is 2.32. The number of hydrogen-bond donors (Lipinski definition) is 0. The molecule has 0 unspecified atom stereocenters. The first kappa shape index (κ1) is 22.7. The van der Waals surface area contributed by atoms with Gasteiger partial charge in [0.25, 0.3) is 0 Å². The second-order valence-electron chi connectivity index (χ2n) is 5.14. The SMILES string of the molecule is Cc1cccc[n+]1N(C)S(=O)(=O)c1ccc(C(F)(F)F)cc1.F[B-](F)(F)F. The van der Waals surface area contributed by atoms with E-state index in [2.05, 4.69) is 0 Å². The molecule has 2 rings (SSSR count). The van der Waals surface area contributed by atoms with Gasteiger partial charge in [0.15, 0.2) is 0 Å². The first-order chi connectivity index (χ1) is 12.1. The lowest BCUT2D eigenvalue weighted by Crippen LogP contribution is -2.59. The molecule has 0 amide bonds. The summed E-state index contributed by atoms with van der Waals surface area (Å²) in [7, 11) is -8.61. The standard InChI is InChI=1S/C14H14F3N2O2S.BF4/c1-11-5-3-4-10-19(11)18(2)22(20,21)13-8-6-12(7-9-13)14(15,16)17;2-1(3,4)5/h3-10H,1-2H3;/q+1;-1. The van der Waals surface area contributed by atoms with Gasteiger partial charge in [-0.15, -0.1) is 0 Å². The number of hydrogen-bond acceptors (Lipinski definition) is 2. The van der Waals surface area contributed by atoms with Gasteiger partial charge in [-0.05, 0) is 30.3 Å². The Labute approximate surface area is 151 Å². The van der Waals surface area contributed by atoms with Crippen molar-refractivity contribution in [3.63, 3.8) is 0 Å². The van der Waals surface area contributed by atoms with Crippen LogP contribution in [0.5, 0.6) is 0 Å². The molecule has 2 aromatic rings. The summed E-state index contributed by atoms with van der Waals surface area (Å²) >= 11 is 0. The van der Waals surface area contributed by atoms with Crippen LogP contribution in [-0.2, 0) is 16.2 Å². The molecule has 13 heteroatoms. The summed E-state index contributed by atoms with van der Waals surface area (Å²) in [5.41, 5.74) is -0.224. The summed E-state index contributed by atoms with van der Waals surface area (Å²) in [6, 6.07) is 8.54. The van der Waals surface area contributed by atoms with Gasteiger partial charge in [-0.1, -0.05) is 9.09 Å². The van der Waals surface area contributed by atoms with Crippen LogP contribution in [0.2, 0.25) is 0 Å². The van der Waals surface area contributed by atoms with Gasteiger partial charge in [-0.2, -0.15) is 21.6 Å². The zero-order valence-electron chi connectivity index (χ0n) is 14.0. The molecule has 0 radical (unpaired) electrons. The average Bonchev–Trinajstić information content (AvgIpc) is 2.52. The molecule has 0 bridgehead atoms. The summed E-state index contributed by atoms with van der Waals surface area (Å²) in [6.07, 6.45) is -2.95. The fourth-order valence-corrected chi connectivity index (χ4v) is 3.12. The molecule has 0 N–H and O–H groups in total. The molecule has 1 heterocycles. The van der Waals surface area contributed by atoms with Crippen molar-refractivity contribution in [3.05, 3.63) is 59.9 Å². The molecule has 1 aromatic carbocycles. The van der Waals surface area contributed by atoms with Crippen molar-refractivity contribution < 1.29 is 43.5 Å². The third-order valence-electron chi connectivity index (χ3n) is 3.17. The van der Waals surface area contributed by atoms with E-state index < -0.39 is 29.0 Å². The normalized spacial score (nSPS) is 12.2. The Kier molecular flexibility index (Phi) is 6.86. The van der Waals surface area contributed by atoms with E-state index in [4.69, 9.17) is 0 Å². The third-order valence-corrected chi connectivity index (χ3v) is 4.91. The van der Waals surface area contributed by atoms with Crippen molar-refractivity contribution in [2.45, 2.75) is 18.0 Å². The second-order valence-corrected chi connectivity index (χ2v) is 7.09. The lowest BCUT2D eigenvalue weighted by Gasteiger charge is -2.15. The zero-order chi connectivity index (χ0) is 21.0. The monoisotopic (exact) mass is 418 g/mol. The van der Waals surface area contributed by atoms with Crippen LogP contribution >= 0.6 is 0 Å². The second kappa shape index (κ2) is 8.15. The van der Waals surface area contributed by atoms with E-state index in [-0.39, 0.29) is 4.90 Å². The van der Waals surface area contributed by atoms with Crippen molar-refractivity contribution in [2.75, 3.05) is 11.5 Å². The number of benzene rings is 1. The van der Waals surface area contributed by atoms with Gasteiger partial charge in [0.2, 0.25) is 11.9 Å². The fraction of sp³-hybridized carbons (Fsp3) is 0.214. The maximum Gasteiger partial charge on any atom is 0.673 e. The van der Waals surface area contributed by atoms with Crippen LogP contribution in [0.1, 0.15) is 11.3 Å². The molecule has 27 heavy (non-hydrogen) atoms. The number of halogens is 7. The van der Waals surface area contributed by atoms with Gasteiger partial charge in [0.1, 0.15) is 0 Å². The number of alkyl halides is 3. The molecule has 0 fully saturated rings. The molecule has 150 valence electrons. The number of nitrogens with zero attached hydrogens (tertiary/aromatic N) is 2. The maximum atomic E-state index is 12.5. The lowest BCUT2D eigenvalue weighted by atomic mass is 10.2. The summed E-state index contributed by atoms with van der Waals surface area (Å²) in [5, 5.41) is 0. The Balaban J connectivity index is 0.000000646. The van der Waals surface area contributed by atoms with Gasteiger partial charge < -0.3 is 17.3 Å². The lowest BCUT2D eigenvalue weighted by molar-refractivity contribution is -0.679.